The van der Waals surface area contributed by atoms with E-state index in [0.717, 1.165) is 16.8 Å². The Bertz CT molecular complexity index is 1090. The molecule has 5 heterocycles. The zero-order valence-corrected chi connectivity index (χ0v) is 10.4. The minimum atomic E-state index is -2.32. The maximum absolute atomic E-state index is 7.96. The second-order valence-corrected chi connectivity index (χ2v) is 4.85. The number of hydrogen-bond donors (Lipinski definition) is 0. The normalized spacial score (nSPS) is 15.9. The predicted octanol–water partition coefficient (Wildman–Crippen LogP) is 0.932. The standard InChI is InChI=1S/C14H11N6/c1-18-12-14(20-8-16-5-3-11(20)17-12)19-7-9-6-15-4-2-10(9)13(18)19/h2-6,8H,7H2,1H3/q+1/i1D3. The van der Waals surface area contributed by atoms with Crippen molar-refractivity contribution in [3.63, 3.8) is 0 Å². The first-order valence-electron chi connectivity index (χ1n) is 7.76. The van der Waals surface area contributed by atoms with Gasteiger partial charge in [0.05, 0.1) is 23.2 Å². The van der Waals surface area contributed by atoms with Gasteiger partial charge in [-0.2, -0.15) is 9.38 Å². The molecule has 1 aliphatic heterocycles. The molecule has 0 aliphatic carbocycles. The molecular weight excluding hydrogens is 252 g/mol. The molecule has 0 unspecified atom stereocenters. The van der Waals surface area contributed by atoms with Crippen LogP contribution in [0.1, 0.15) is 9.68 Å². The van der Waals surface area contributed by atoms with Crippen LogP contribution in [0.2, 0.25) is 0 Å². The van der Waals surface area contributed by atoms with Crippen LogP contribution in [0.15, 0.2) is 37.1 Å². The first-order chi connectivity index (χ1) is 11.1. The lowest BCUT2D eigenvalue weighted by molar-refractivity contribution is -0.648. The zero-order valence-electron chi connectivity index (χ0n) is 13.4. The molecule has 0 aromatic carbocycles. The second kappa shape index (κ2) is 3.22. The number of aryl methyl sites for hydroxylation is 1. The molecule has 0 saturated heterocycles. The topological polar surface area (TPSA) is 51.9 Å². The van der Waals surface area contributed by atoms with Gasteiger partial charge >= 0.3 is 0 Å². The van der Waals surface area contributed by atoms with Crippen molar-refractivity contribution < 1.29 is 8.68 Å². The highest BCUT2D eigenvalue weighted by Crippen LogP contribution is 2.29. The van der Waals surface area contributed by atoms with E-state index in [9.17, 15) is 0 Å². The van der Waals surface area contributed by atoms with Crippen LogP contribution in [0.25, 0.3) is 28.3 Å². The van der Waals surface area contributed by atoms with Crippen LogP contribution in [-0.4, -0.2) is 23.9 Å². The highest BCUT2D eigenvalue weighted by molar-refractivity contribution is 5.76. The Morgan fingerprint density at radius 2 is 2.25 bits per heavy atom. The summed E-state index contributed by atoms with van der Waals surface area (Å²) in [6.07, 6.45) is 6.75. The molecule has 5 rings (SSSR count). The lowest BCUT2D eigenvalue weighted by Gasteiger charge is -1.95. The Balaban J connectivity index is 2.01. The van der Waals surface area contributed by atoms with Crippen LogP contribution >= 0.6 is 0 Å². The monoisotopic (exact) mass is 266 g/mol. The molecule has 6 heteroatoms. The van der Waals surface area contributed by atoms with Crippen LogP contribution in [0.4, 0.5) is 0 Å². The Morgan fingerprint density at radius 3 is 3.20 bits per heavy atom. The zero-order chi connectivity index (χ0) is 15.8. The average Bonchev–Trinajstić information content (AvgIpc) is 3.12. The van der Waals surface area contributed by atoms with Gasteiger partial charge in [-0.15, -0.1) is 0 Å². The highest BCUT2D eigenvalue weighted by Gasteiger charge is 2.33. The first-order valence-corrected chi connectivity index (χ1v) is 6.26. The van der Waals surface area contributed by atoms with Crippen molar-refractivity contribution >= 4 is 16.9 Å². The fourth-order valence-corrected chi connectivity index (χ4v) is 2.95. The number of fused-ring (bicyclic) bond motifs is 7. The van der Waals surface area contributed by atoms with E-state index >= 15 is 0 Å². The predicted molar refractivity (Wildman–Crippen MR) is 72.0 cm³/mol. The van der Waals surface area contributed by atoms with E-state index in [4.69, 9.17) is 4.11 Å². The molecule has 96 valence electrons. The molecular formula is C14H11N6+. The van der Waals surface area contributed by atoms with E-state index in [1.165, 1.54) is 4.57 Å². The van der Waals surface area contributed by atoms with Crippen molar-refractivity contribution in [2.24, 2.45) is 6.98 Å². The van der Waals surface area contributed by atoms with E-state index < -0.39 is 6.98 Å². The molecule has 0 N–H and O–H groups in total. The lowest BCUT2D eigenvalue weighted by Crippen LogP contribution is -2.32. The van der Waals surface area contributed by atoms with E-state index in [0.29, 0.717) is 23.7 Å². The summed E-state index contributed by atoms with van der Waals surface area (Å²) in [5.41, 5.74) is 3.73. The fraction of sp³-hybridized carbons (Fsp3) is 0.143. The molecule has 0 radical (unpaired) electrons. The van der Waals surface area contributed by atoms with Gasteiger partial charge in [0.25, 0.3) is 11.3 Å². The van der Waals surface area contributed by atoms with Gasteiger partial charge in [0.1, 0.15) is 0 Å². The van der Waals surface area contributed by atoms with Gasteiger partial charge in [-0.1, -0.05) is 0 Å². The molecule has 0 fully saturated rings. The lowest BCUT2D eigenvalue weighted by atomic mass is 10.2. The third-order valence-electron chi connectivity index (χ3n) is 3.80. The van der Waals surface area contributed by atoms with Gasteiger partial charge in [-0.05, 0) is 6.07 Å². The van der Waals surface area contributed by atoms with Crippen molar-refractivity contribution in [3.05, 3.63) is 42.6 Å². The minimum Gasteiger partial charge on any atom is -0.264 e. The van der Waals surface area contributed by atoms with Gasteiger partial charge in [0, 0.05) is 30.2 Å². The number of pyridine rings is 1. The van der Waals surface area contributed by atoms with Crippen LogP contribution in [0, 0.1) is 0 Å². The van der Waals surface area contributed by atoms with Crippen molar-refractivity contribution in [1.82, 2.24) is 23.9 Å². The van der Waals surface area contributed by atoms with E-state index in [1.54, 1.807) is 31.0 Å². The Labute approximate surface area is 118 Å². The summed E-state index contributed by atoms with van der Waals surface area (Å²) in [5.74, 6) is 0.637. The molecule has 1 aliphatic rings. The summed E-state index contributed by atoms with van der Waals surface area (Å²) < 4.78 is 29.0. The van der Waals surface area contributed by atoms with Crippen LogP contribution in [0.5, 0.6) is 0 Å². The first kappa shape index (κ1) is 7.74. The van der Waals surface area contributed by atoms with Crippen molar-refractivity contribution in [2.75, 3.05) is 0 Å². The number of nitrogens with zero attached hydrogens (tertiary/aromatic N) is 6. The molecule has 0 spiro atoms. The van der Waals surface area contributed by atoms with Crippen molar-refractivity contribution in [1.29, 1.82) is 0 Å². The SMILES string of the molecule is [2H]C([2H])([2H])n1c2[n+](c3c1nc1ccncn13)Cc1cnccc1-2. The summed E-state index contributed by atoms with van der Waals surface area (Å²) in [6.45, 7) is -1.75. The third-order valence-corrected chi connectivity index (χ3v) is 3.80. The summed E-state index contributed by atoms with van der Waals surface area (Å²) >= 11 is 0. The van der Waals surface area contributed by atoms with Crippen LogP contribution in [0.3, 0.4) is 0 Å². The van der Waals surface area contributed by atoms with E-state index in [-0.39, 0.29) is 0 Å². The largest absolute Gasteiger partial charge is 0.296 e. The quantitative estimate of drug-likeness (QED) is 0.392. The third kappa shape index (κ3) is 1.01. The number of hydrogen-bond acceptors (Lipinski definition) is 3. The Kier molecular flexibility index (Phi) is 1.24. The number of rotatable bonds is 0. The molecule has 6 nitrogen and oxygen atoms in total. The summed E-state index contributed by atoms with van der Waals surface area (Å²) in [7, 11) is 0. The molecule has 4 aromatic heterocycles. The fourth-order valence-electron chi connectivity index (χ4n) is 2.95. The molecule has 0 atom stereocenters. The molecule has 0 saturated carbocycles. The maximum Gasteiger partial charge on any atom is 0.296 e. The minimum absolute atomic E-state index is 0.440. The van der Waals surface area contributed by atoms with Gasteiger partial charge in [0.15, 0.2) is 6.33 Å². The average molecular weight is 266 g/mol. The second-order valence-electron chi connectivity index (χ2n) is 4.85. The molecule has 0 amide bonds. The number of imidazole rings is 2. The number of aromatic nitrogens is 6. The van der Waals surface area contributed by atoms with Crippen molar-refractivity contribution in [2.45, 2.75) is 6.54 Å². The van der Waals surface area contributed by atoms with Gasteiger partial charge in [-0.3, -0.25) is 4.98 Å². The van der Waals surface area contributed by atoms with Gasteiger partial charge < -0.3 is 0 Å². The summed E-state index contributed by atoms with van der Waals surface area (Å²) in [4.78, 5) is 12.8. The molecule has 0 bridgehead atoms. The van der Waals surface area contributed by atoms with E-state index in [1.807, 2.05) is 15.0 Å². The molecule has 20 heavy (non-hydrogen) atoms. The summed E-state index contributed by atoms with van der Waals surface area (Å²) in [5, 5.41) is 0. The van der Waals surface area contributed by atoms with Crippen LogP contribution in [-0.2, 0) is 13.5 Å². The van der Waals surface area contributed by atoms with Crippen LogP contribution < -0.4 is 4.57 Å². The smallest absolute Gasteiger partial charge is 0.264 e. The summed E-state index contributed by atoms with van der Waals surface area (Å²) in [6, 6.07) is 3.61. The molecule has 4 aromatic rings. The maximum atomic E-state index is 7.96. The van der Waals surface area contributed by atoms with E-state index in [2.05, 4.69) is 15.0 Å². The highest BCUT2D eigenvalue weighted by atomic mass is 15.3. The van der Waals surface area contributed by atoms with Gasteiger partial charge in [-0.25, -0.2) is 14.1 Å². The van der Waals surface area contributed by atoms with Gasteiger partial charge in [0.2, 0.25) is 11.5 Å². The van der Waals surface area contributed by atoms with Crippen molar-refractivity contribution in [3.8, 4) is 11.4 Å². The Hall–Kier alpha value is -2.76. The Morgan fingerprint density at radius 1 is 1.30 bits per heavy atom.